The van der Waals surface area contributed by atoms with Gasteiger partial charge in [0.2, 0.25) is 0 Å². The van der Waals surface area contributed by atoms with Crippen molar-refractivity contribution in [3.8, 4) is 0 Å². The van der Waals surface area contributed by atoms with Crippen molar-refractivity contribution in [2.45, 2.75) is 12.8 Å². The van der Waals surface area contributed by atoms with Crippen molar-refractivity contribution in [1.29, 1.82) is 0 Å². The second-order valence-corrected chi connectivity index (χ2v) is 1.45. The van der Waals surface area contributed by atoms with Crippen LogP contribution in [0.25, 0.3) is 0 Å². The van der Waals surface area contributed by atoms with Gasteiger partial charge in [-0.05, 0) is 6.42 Å². The topological polar surface area (TPSA) is 66.4 Å². The van der Waals surface area contributed by atoms with Crippen LogP contribution in [-0.4, -0.2) is 19.0 Å². The molecule has 0 radical (unpaired) electrons. The van der Waals surface area contributed by atoms with Crippen LogP contribution < -0.4 is 5.11 Å². The summed E-state index contributed by atoms with van der Waals surface area (Å²) in [7, 11) is 1.21. The quantitative estimate of drug-likeness (QED) is 0.411. The third-order valence-corrected chi connectivity index (χ3v) is 0.761. The normalized spacial score (nSPS) is 7.36. The van der Waals surface area contributed by atoms with Crippen LogP contribution in [0.2, 0.25) is 0 Å². The summed E-state index contributed by atoms with van der Waals surface area (Å²) in [5.41, 5.74) is 0. The van der Waals surface area contributed by atoms with E-state index in [0.29, 0.717) is 0 Å². The van der Waals surface area contributed by atoms with Gasteiger partial charge < -0.3 is 14.6 Å². The first-order valence-corrected chi connectivity index (χ1v) is 2.93. The van der Waals surface area contributed by atoms with E-state index in [2.05, 4.69) is 17.9 Å². The van der Waals surface area contributed by atoms with E-state index in [1.54, 1.807) is 0 Å². The SMILES string of the molecule is C=C.COC(=O)CCC(=O)[O-]. The van der Waals surface area contributed by atoms with Crippen LogP contribution in [0.3, 0.4) is 0 Å². The van der Waals surface area contributed by atoms with Gasteiger partial charge in [-0.15, -0.1) is 13.2 Å². The minimum atomic E-state index is -1.24. The molecule has 0 aliphatic carbocycles. The number of hydrogen-bond acceptors (Lipinski definition) is 4. The molecular formula is C7H11O4-. The van der Waals surface area contributed by atoms with Crippen molar-refractivity contribution < 1.29 is 19.4 Å². The monoisotopic (exact) mass is 159 g/mol. The van der Waals surface area contributed by atoms with Crippen LogP contribution in [0, 0.1) is 0 Å². The smallest absolute Gasteiger partial charge is 0.305 e. The summed E-state index contributed by atoms with van der Waals surface area (Å²) >= 11 is 0. The molecular weight excluding hydrogens is 148 g/mol. The predicted octanol–water partition coefficient (Wildman–Crippen LogP) is -0.508. The predicted molar refractivity (Wildman–Crippen MR) is 37.5 cm³/mol. The molecule has 4 nitrogen and oxygen atoms in total. The molecule has 0 saturated carbocycles. The molecule has 0 aromatic carbocycles. The maximum atomic E-state index is 10.2. The Kier molecular flexibility index (Phi) is 9.76. The molecule has 0 amide bonds. The zero-order chi connectivity index (χ0) is 9.28. The average Bonchev–Trinajstić information content (AvgIpc) is 2.04. The Balaban J connectivity index is 0. The highest BCUT2D eigenvalue weighted by Gasteiger charge is 1.97. The van der Waals surface area contributed by atoms with Crippen LogP contribution in [0.1, 0.15) is 12.8 Å². The maximum absolute atomic E-state index is 10.2. The summed E-state index contributed by atoms with van der Waals surface area (Å²) in [6.45, 7) is 6.00. The molecule has 64 valence electrons. The van der Waals surface area contributed by atoms with Gasteiger partial charge in [-0.25, -0.2) is 0 Å². The Morgan fingerprint density at radius 2 is 1.82 bits per heavy atom. The standard InChI is InChI=1S/C5H8O4.C2H4/c1-9-5(8)3-2-4(6)7;1-2/h2-3H2,1H3,(H,6,7);1-2H2/p-1. The molecule has 0 saturated heterocycles. The summed E-state index contributed by atoms with van der Waals surface area (Å²) in [4.78, 5) is 19.9. The number of hydrogen-bond donors (Lipinski definition) is 0. The molecule has 0 bridgehead atoms. The summed E-state index contributed by atoms with van der Waals surface area (Å²) in [6.07, 6.45) is -0.383. The fourth-order valence-corrected chi connectivity index (χ4v) is 0.306. The fraction of sp³-hybridized carbons (Fsp3) is 0.429. The van der Waals surface area contributed by atoms with Crippen LogP contribution in [0.5, 0.6) is 0 Å². The van der Waals surface area contributed by atoms with Gasteiger partial charge in [0.1, 0.15) is 0 Å². The van der Waals surface area contributed by atoms with Crippen LogP contribution >= 0.6 is 0 Å². The molecule has 0 N–H and O–H groups in total. The Hall–Kier alpha value is -1.32. The highest BCUT2D eigenvalue weighted by Crippen LogP contribution is 1.88. The van der Waals surface area contributed by atoms with Crippen LogP contribution in [0.4, 0.5) is 0 Å². The van der Waals surface area contributed by atoms with E-state index in [1.165, 1.54) is 7.11 Å². The van der Waals surface area contributed by atoms with Gasteiger partial charge >= 0.3 is 5.97 Å². The number of methoxy groups -OCH3 is 1. The third kappa shape index (κ3) is 12.0. The Morgan fingerprint density at radius 1 is 1.36 bits per heavy atom. The van der Waals surface area contributed by atoms with E-state index >= 15 is 0 Å². The molecule has 0 unspecified atom stereocenters. The number of ether oxygens (including phenoxy) is 1. The van der Waals surface area contributed by atoms with Gasteiger partial charge in [0.25, 0.3) is 0 Å². The second-order valence-electron chi connectivity index (χ2n) is 1.45. The van der Waals surface area contributed by atoms with Crippen molar-refractivity contribution in [3.05, 3.63) is 13.2 Å². The lowest BCUT2D eigenvalue weighted by Crippen LogP contribution is -2.22. The molecule has 0 aliphatic rings. The fourth-order valence-electron chi connectivity index (χ4n) is 0.306. The maximum Gasteiger partial charge on any atom is 0.305 e. The number of carbonyl (C=O) groups excluding carboxylic acids is 2. The summed E-state index contributed by atoms with van der Waals surface area (Å²) in [5.74, 6) is -1.76. The van der Waals surface area contributed by atoms with Crippen LogP contribution in [-0.2, 0) is 14.3 Å². The highest BCUT2D eigenvalue weighted by molar-refractivity contribution is 5.75. The molecule has 0 fully saturated rings. The van der Waals surface area contributed by atoms with E-state index in [9.17, 15) is 14.7 Å². The van der Waals surface area contributed by atoms with E-state index in [4.69, 9.17) is 0 Å². The lowest BCUT2D eigenvalue weighted by molar-refractivity contribution is -0.305. The third-order valence-electron chi connectivity index (χ3n) is 0.761. The molecule has 0 aliphatic heterocycles. The van der Waals surface area contributed by atoms with Gasteiger partial charge in [0.15, 0.2) is 0 Å². The van der Waals surface area contributed by atoms with Gasteiger partial charge in [-0.2, -0.15) is 0 Å². The lowest BCUT2D eigenvalue weighted by atomic mass is 10.3. The van der Waals surface area contributed by atoms with E-state index in [-0.39, 0.29) is 12.8 Å². The number of rotatable bonds is 3. The first-order valence-electron chi connectivity index (χ1n) is 2.93. The zero-order valence-corrected chi connectivity index (χ0v) is 6.46. The van der Waals surface area contributed by atoms with Gasteiger partial charge in [-0.3, -0.25) is 4.79 Å². The molecule has 0 spiro atoms. The summed E-state index contributed by atoms with van der Waals surface area (Å²) < 4.78 is 4.17. The van der Waals surface area contributed by atoms with Gasteiger partial charge in [0, 0.05) is 5.97 Å². The summed E-state index contributed by atoms with van der Waals surface area (Å²) in [6, 6.07) is 0. The van der Waals surface area contributed by atoms with Crippen molar-refractivity contribution in [3.63, 3.8) is 0 Å². The van der Waals surface area contributed by atoms with Crippen LogP contribution in [0.15, 0.2) is 13.2 Å². The highest BCUT2D eigenvalue weighted by atomic mass is 16.5. The minimum Gasteiger partial charge on any atom is -0.550 e. The van der Waals surface area contributed by atoms with Crippen molar-refractivity contribution in [2.24, 2.45) is 0 Å². The summed E-state index contributed by atoms with van der Waals surface area (Å²) in [5, 5.41) is 9.70. The largest absolute Gasteiger partial charge is 0.550 e. The minimum absolute atomic E-state index is 0.112. The van der Waals surface area contributed by atoms with E-state index < -0.39 is 11.9 Å². The van der Waals surface area contributed by atoms with Gasteiger partial charge in [0.05, 0.1) is 13.5 Å². The average molecular weight is 159 g/mol. The first kappa shape index (κ1) is 12.4. The molecule has 11 heavy (non-hydrogen) atoms. The van der Waals surface area contributed by atoms with Crippen molar-refractivity contribution in [2.75, 3.05) is 7.11 Å². The van der Waals surface area contributed by atoms with Crippen molar-refractivity contribution in [1.82, 2.24) is 0 Å². The Bertz CT molecular complexity index is 130. The number of carbonyl (C=O) groups is 2. The second kappa shape index (κ2) is 8.68. The number of aliphatic carboxylic acids is 1. The Morgan fingerprint density at radius 3 is 2.09 bits per heavy atom. The first-order chi connectivity index (χ1) is 5.16. The van der Waals surface area contributed by atoms with E-state index in [0.717, 1.165) is 0 Å². The van der Waals surface area contributed by atoms with E-state index in [1.807, 2.05) is 0 Å². The van der Waals surface area contributed by atoms with Gasteiger partial charge in [-0.1, -0.05) is 0 Å². The van der Waals surface area contributed by atoms with Crippen molar-refractivity contribution >= 4 is 11.9 Å². The number of esters is 1. The molecule has 0 aromatic heterocycles. The number of carboxylic acids is 1. The zero-order valence-electron chi connectivity index (χ0n) is 6.46. The lowest BCUT2D eigenvalue weighted by Gasteiger charge is -1.98. The molecule has 0 atom stereocenters. The molecule has 4 heteroatoms. The molecule has 0 aromatic rings. The Labute approximate surface area is 65.5 Å². The number of carboxylic acid groups (broad SMARTS) is 1. The molecule has 0 rings (SSSR count). The molecule has 0 heterocycles.